The van der Waals surface area contributed by atoms with Gasteiger partial charge < -0.3 is 9.64 Å². The van der Waals surface area contributed by atoms with Crippen molar-refractivity contribution in [3.63, 3.8) is 0 Å². The van der Waals surface area contributed by atoms with Crippen molar-refractivity contribution in [1.82, 2.24) is 4.98 Å². The molecule has 0 unspecified atom stereocenters. The van der Waals surface area contributed by atoms with Gasteiger partial charge in [-0.2, -0.15) is 0 Å². The van der Waals surface area contributed by atoms with Gasteiger partial charge in [0.05, 0.1) is 23.1 Å². The van der Waals surface area contributed by atoms with Gasteiger partial charge in [0, 0.05) is 29.1 Å². The number of halogens is 3. The lowest BCUT2D eigenvalue weighted by atomic mass is 10.1. The smallest absolute Gasteiger partial charge is 0.185 e. The van der Waals surface area contributed by atoms with Gasteiger partial charge in [0.1, 0.15) is 16.5 Å². The number of thiazole rings is 1. The van der Waals surface area contributed by atoms with E-state index in [2.05, 4.69) is 9.88 Å². The molecule has 0 saturated carbocycles. The Morgan fingerprint density at radius 2 is 1.90 bits per heavy atom. The van der Waals surface area contributed by atoms with E-state index in [9.17, 15) is 12.8 Å². The number of rotatable bonds is 5. The number of anilines is 1. The second kappa shape index (κ2) is 8.94. The summed E-state index contributed by atoms with van der Waals surface area (Å²) in [5.74, 6) is -0.171. The number of sulfone groups is 1. The molecule has 1 fully saturated rings. The number of aromatic nitrogens is 1. The molecule has 0 atom stereocenters. The molecule has 4 rings (SSSR count). The Hall–Kier alpha value is -1.87. The Morgan fingerprint density at radius 3 is 2.58 bits per heavy atom. The third kappa shape index (κ3) is 4.53. The summed E-state index contributed by atoms with van der Waals surface area (Å²) in [5, 5.41) is 2.57. The van der Waals surface area contributed by atoms with Crippen molar-refractivity contribution in [2.75, 3.05) is 25.1 Å². The van der Waals surface area contributed by atoms with Gasteiger partial charge in [0.15, 0.2) is 15.0 Å². The predicted molar refractivity (Wildman–Crippen MR) is 123 cm³/mol. The molecular weight excluding hydrogens is 482 g/mol. The average molecular weight is 501 g/mol. The minimum Gasteiger partial charge on any atom is -0.495 e. The number of benzene rings is 2. The summed E-state index contributed by atoms with van der Waals surface area (Å²) in [6.45, 7) is 1.12. The van der Waals surface area contributed by atoms with Crippen LogP contribution in [0.5, 0.6) is 5.75 Å². The maximum atomic E-state index is 13.4. The molecule has 5 nitrogen and oxygen atoms in total. The fraction of sp³-hybridized carbons (Fsp3) is 0.286. The molecule has 0 aliphatic carbocycles. The van der Waals surface area contributed by atoms with Gasteiger partial charge in [-0.05, 0) is 49.2 Å². The van der Waals surface area contributed by atoms with Crippen LogP contribution in [0.4, 0.5) is 9.52 Å². The van der Waals surface area contributed by atoms with Gasteiger partial charge >= 0.3 is 0 Å². The van der Waals surface area contributed by atoms with E-state index < -0.39 is 20.9 Å². The summed E-state index contributed by atoms with van der Waals surface area (Å²) in [6, 6.07) is 9.13. The van der Waals surface area contributed by atoms with Crippen LogP contribution in [-0.4, -0.2) is 38.9 Å². The van der Waals surface area contributed by atoms with Crippen molar-refractivity contribution in [2.45, 2.75) is 23.0 Å². The first-order valence-electron chi connectivity index (χ1n) is 9.53. The van der Waals surface area contributed by atoms with Crippen molar-refractivity contribution in [3.05, 3.63) is 57.6 Å². The third-order valence-electron chi connectivity index (χ3n) is 5.29. The second-order valence-corrected chi connectivity index (χ2v) is 11.0. The van der Waals surface area contributed by atoms with Crippen LogP contribution < -0.4 is 9.64 Å². The lowest BCUT2D eigenvalue weighted by Crippen LogP contribution is -2.39. The molecule has 10 heteroatoms. The molecule has 1 aromatic heterocycles. The van der Waals surface area contributed by atoms with Crippen LogP contribution in [0, 0.1) is 5.82 Å². The first-order valence-corrected chi connectivity index (χ1v) is 12.7. The van der Waals surface area contributed by atoms with Crippen molar-refractivity contribution in [2.24, 2.45) is 0 Å². The topological polar surface area (TPSA) is 59.5 Å². The van der Waals surface area contributed by atoms with Gasteiger partial charge in [-0.25, -0.2) is 17.8 Å². The number of ether oxygens (including phenoxy) is 1. The minimum atomic E-state index is -3.58. The van der Waals surface area contributed by atoms with E-state index in [4.69, 9.17) is 27.9 Å². The van der Waals surface area contributed by atoms with Gasteiger partial charge in [-0.1, -0.05) is 23.2 Å². The van der Waals surface area contributed by atoms with E-state index in [1.165, 1.54) is 30.6 Å². The Morgan fingerprint density at radius 1 is 1.16 bits per heavy atom. The zero-order valence-corrected chi connectivity index (χ0v) is 19.7. The van der Waals surface area contributed by atoms with Gasteiger partial charge in [-0.15, -0.1) is 11.3 Å². The number of hydrogen-bond donors (Lipinski definition) is 0. The quantitative estimate of drug-likeness (QED) is 0.449. The van der Waals surface area contributed by atoms with Crippen molar-refractivity contribution >= 4 is 49.5 Å². The lowest BCUT2D eigenvalue weighted by Gasteiger charge is -2.31. The molecule has 164 valence electrons. The summed E-state index contributed by atoms with van der Waals surface area (Å²) in [7, 11) is -2.14. The molecule has 31 heavy (non-hydrogen) atoms. The predicted octanol–water partition coefficient (Wildman–Crippen LogP) is 5.71. The average Bonchev–Trinajstić information content (AvgIpc) is 3.26. The monoisotopic (exact) mass is 500 g/mol. The Balaban J connectivity index is 1.49. The van der Waals surface area contributed by atoms with E-state index in [0.29, 0.717) is 42.4 Å². The Bertz CT molecular complexity index is 1210. The molecule has 3 aromatic rings. The highest BCUT2D eigenvalue weighted by atomic mass is 35.5. The van der Waals surface area contributed by atoms with Gasteiger partial charge in [0.25, 0.3) is 0 Å². The number of methoxy groups -OCH3 is 1. The van der Waals surface area contributed by atoms with Gasteiger partial charge in [0.2, 0.25) is 0 Å². The molecule has 0 radical (unpaired) electrons. The SMILES string of the molecule is COc1ccc(Cl)cc1S(=O)(=O)C1CCN(c2nc(-c3ccc(F)c(Cl)c3)cs2)CC1. The van der Waals surface area contributed by atoms with Crippen LogP contribution in [0.3, 0.4) is 0 Å². The lowest BCUT2D eigenvalue weighted by molar-refractivity contribution is 0.402. The number of hydrogen-bond acceptors (Lipinski definition) is 6. The summed E-state index contributed by atoms with van der Waals surface area (Å²) < 4.78 is 45.0. The summed E-state index contributed by atoms with van der Waals surface area (Å²) in [5.41, 5.74) is 1.44. The Kier molecular flexibility index (Phi) is 6.44. The van der Waals surface area contributed by atoms with E-state index in [1.807, 2.05) is 5.38 Å². The van der Waals surface area contributed by atoms with E-state index in [0.717, 1.165) is 10.7 Å². The molecular formula is C21H19Cl2FN2O3S2. The van der Waals surface area contributed by atoms with Gasteiger partial charge in [-0.3, -0.25) is 0 Å². The number of nitrogens with zero attached hydrogens (tertiary/aromatic N) is 2. The molecule has 1 aliphatic heterocycles. The maximum Gasteiger partial charge on any atom is 0.185 e. The maximum absolute atomic E-state index is 13.4. The summed E-state index contributed by atoms with van der Waals surface area (Å²) in [4.78, 5) is 6.84. The first-order chi connectivity index (χ1) is 14.8. The highest BCUT2D eigenvalue weighted by molar-refractivity contribution is 7.92. The zero-order valence-electron chi connectivity index (χ0n) is 16.5. The van der Waals surface area contributed by atoms with E-state index in [-0.39, 0.29) is 9.92 Å². The van der Waals surface area contributed by atoms with E-state index in [1.54, 1.807) is 24.3 Å². The summed E-state index contributed by atoms with van der Waals surface area (Å²) >= 11 is 13.4. The normalized spacial score (nSPS) is 15.3. The largest absolute Gasteiger partial charge is 0.495 e. The van der Waals surface area contributed by atoms with Crippen LogP contribution in [0.2, 0.25) is 10.0 Å². The molecule has 0 spiro atoms. The minimum absolute atomic E-state index is 0.0505. The van der Waals surface area contributed by atoms with Crippen molar-refractivity contribution in [1.29, 1.82) is 0 Å². The zero-order chi connectivity index (χ0) is 22.2. The van der Waals surface area contributed by atoms with Crippen molar-refractivity contribution < 1.29 is 17.5 Å². The molecule has 1 saturated heterocycles. The third-order valence-corrected chi connectivity index (χ3v) is 9.00. The number of piperidine rings is 1. The van der Waals surface area contributed by atoms with Crippen LogP contribution >= 0.6 is 34.5 Å². The molecule has 0 amide bonds. The van der Waals surface area contributed by atoms with Crippen molar-refractivity contribution in [3.8, 4) is 17.0 Å². The fourth-order valence-corrected chi connectivity index (χ4v) is 6.83. The highest BCUT2D eigenvalue weighted by Crippen LogP contribution is 2.35. The Labute approximate surface area is 194 Å². The molecule has 2 heterocycles. The first kappa shape index (κ1) is 22.3. The van der Waals surface area contributed by atoms with Crippen LogP contribution in [0.15, 0.2) is 46.7 Å². The summed E-state index contributed by atoms with van der Waals surface area (Å²) in [6.07, 6.45) is 0.935. The molecule has 1 aliphatic rings. The van der Waals surface area contributed by atoms with Crippen LogP contribution in [-0.2, 0) is 9.84 Å². The van der Waals surface area contributed by atoms with E-state index >= 15 is 0 Å². The second-order valence-electron chi connectivity index (χ2n) is 7.17. The fourth-order valence-electron chi connectivity index (χ4n) is 3.61. The van der Waals surface area contributed by atoms with Crippen LogP contribution in [0.25, 0.3) is 11.3 Å². The standard InChI is InChI=1S/C21H19Cl2FN2O3S2/c1-29-19-5-3-14(22)11-20(19)31(27,28)15-6-8-26(9-7-15)21-25-18(12-30-21)13-2-4-17(24)16(23)10-13/h2-5,10-12,15H,6-9H2,1H3. The highest BCUT2D eigenvalue weighted by Gasteiger charge is 2.34. The molecule has 2 aromatic carbocycles. The van der Waals surface area contributed by atoms with Crippen LogP contribution in [0.1, 0.15) is 12.8 Å². The molecule has 0 N–H and O–H groups in total. The molecule has 0 bridgehead atoms.